The fraction of sp³-hybridized carbons (Fsp3) is 0.273. The lowest BCUT2D eigenvalue weighted by Gasteiger charge is -2.04. The first kappa shape index (κ1) is 11.7. The molecule has 0 radical (unpaired) electrons. The minimum Gasteiger partial charge on any atom is -0.461 e. The Bertz CT molecular complexity index is 505. The van der Waals surface area contributed by atoms with Gasteiger partial charge in [-0.05, 0) is 29.3 Å². The normalized spacial score (nSPS) is 10.4. The van der Waals surface area contributed by atoms with E-state index in [1.807, 2.05) is 16.8 Å². The summed E-state index contributed by atoms with van der Waals surface area (Å²) in [4.78, 5) is 15.5. The van der Waals surface area contributed by atoms with E-state index in [0.29, 0.717) is 19.0 Å². The van der Waals surface area contributed by atoms with Crippen molar-refractivity contribution < 1.29 is 9.53 Å². The van der Waals surface area contributed by atoms with Crippen molar-refractivity contribution in [1.82, 2.24) is 9.55 Å². The van der Waals surface area contributed by atoms with E-state index in [1.54, 1.807) is 29.2 Å². The molecule has 0 aliphatic rings. The summed E-state index contributed by atoms with van der Waals surface area (Å²) in [5.41, 5.74) is 7.17. The molecule has 90 valence electrons. The maximum absolute atomic E-state index is 11.5. The van der Waals surface area contributed by atoms with Crippen LogP contribution in [0.25, 0.3) is 0 Å². The average molecular weight is 251 g/mol. The Morgan fingerprint density at radius 1 is 1.65 bits per heavy atom. The summed E-state index contributed by atoms with van der Waals surface area (Å²) < 4.78 is 6.60. The lowest BCUT2D eigenvalue weighted by atomic mass is 10.3. The number of hydrogen-bond acceptors (Lipinski definition) is 5. The minimum atomic E-state index is -0.478. The number of anilines is 1. The van der Waals surface area contributed by atoms with E-state index in [2.05, 4.69) is 4.98 Å². The van der Waals surface area contributed by atoms with Crippen LogP contribution in [-0.4, -0.2) is 22.1 Å². The Hall–Kier alpha value is -1.82. The number of rotatable bonds is 4. The number of thiophene rings is 1. The van der Waals surface area contributed by atoms with Crippen LogP contribution in [-0.2, 0) is 11.3 Å². The van der Waals surface area contributed by atoms with Crippen LogP contribution >= 0.6 is 11.3 Å². The summed E-state index contributed by atoms with van der Waals surface area (Å²) in [5.74, 6) is -0.135. The Morgan fingerprint density at radius 2 is 2.47 bits per heavy atom. The highest BCUT2D eigenvalue weighted by Gasteiger charge is 2.16. The van der Waals surface area contributed by atoms with Gasteiger partial charge in [0.25, 0.3) is 0 Å². The molecule has 0 saturated carbocycles. The van der Waals surface area contributed by atoms with E-state index in [1.165, 1.54) is 0 Å². The van der Waals surface area contributed by atoms with Crippen LogP contribution in [0.15, 0.2) is 23.2 Å². The van der Waals surface area contributed by atoms with Gasteiger partial charge in [0, 0.05) is 0 Å². The number of aromatic nitrogens is 2. The van der Waals surface area contributed by atoms with Gasteiger partial charge >= 0.3 is 5.97 Å². The molecule has 0 bridgehead atoms. The molecule has 6 heteroatoms. The SMILES string of the molecule is CCOC(=O)c1ncn(Cc2ccsc2)c1N. The van der Waals surface area contributed by atoms with Gasteiger partial charge in [0.1, 0.15) is 5.82 Å². The molecule has 2 rings (SSSR count). The molecule has 0 atom stereocenters. The second-order valence-electron chi connectivity index (χ2n) is 3.46. The largest absolute Gasteiger partial charge is 0.461 e. The summed E-state index contributed by atoms with van der Waals surface area (Å²) in [5, 5.41) is 4.03. The maximum atomic E-state index is 11.5. The predicted octanol–water partition coefficient (Wildman–Crippen LogP) is 1.75. The van der Waals surface area contributed by atoms with E-state index in [0.717, 1.165) is 5.56 Å². The molecule has 2 N–H and O–H groups in total. The van der Waals surface area contributed by atoms with Gasteiger partial charge in [-0.1, -0.05) is 0 Å². The molecule has 0 spiro atoms. The van der Waals surface area contributed by atoms with E-state index >= 15 is 0 Å². The zero-order valence-electron chi connectivity index (χ0n) is 9.42. The molecular weight excluding hydrogens is 238 g/mol. The molecule has 0 unspecified atom stereocenters. The quantitative estimate of drug-likeness (QED) is 0.840. The van der Waals surface area contributed by atoms with Crippen molar-refractivity contribution in [3.8, 4) is 0 Å². The fourth-order valence-corrected chi connectivity index (χ4v) is 2.11. The summed E-state index contributed by atoms with van der Waals surface area (Å²) in [7, 11) is 0. The molecule has 0 saturated heterocycles. The molecule has 0 aliphatic heterocycles. The average Bonchev–Trinajstić information content (AvgIpc) is 2.91. The zero-order valence-corrected chi connectivity index (χ0v) is 10.2. The van der Waals surface area contributed by atoms with E-state index in [-0.39, 0.29) is 5.69 Å². The molecule has 2 aromatic heterocycles. The number of esters is 1. The molecule has 5 nitrogen and oxygen atoms in total. The fourth-order valence-electron chi connectivity index (χ4n) is 1.45. The van der Waals surface area contributed by atoms with Crippen molar-refractivity contribution >= 4 is 23.1 Å². The predicted molar refractivity (Wildman–Crippen MR) is 66.0 cm³/mol. The van der Waals surface area contributed by atoms with Crippen molar-refractivity contribution in [1.29, 1.82) is 0 Å². The third kappa shape index (κ3) is 2.47. The number of carbonyl (C=O) groups is 1. The first-order valence-corrected chi connectivity index (χ1v) is 6.15. The van der Waals surface area contributed by atoms with Crippen LogP contribution < -0.4 is 5.73 Å². The van der Waals surface area contributed by atoms with Gasteiger partial charge in [0.2, 0.25) is 0 Å². The molecule has 2 aromatic rings. The van der Waals surface area contributed by atoms with Crippen molar-refractivity contribution in [2.24, 2.45) is 0 Å². The summed E-state index contributed by atoms with van der Waals surface area (Å²) in [6, 6.07) is 2.01. The van der Waals surface area contributed by atoms with Crippen LogP contribution in [0.5, 0.6) is 0 Å². The van der Waals surface area contributed by atoms with Crippen molar-refractivity contribution in [2.45, 2.75) is 13.5 Å². The van der Waals surface area contributed by atoms with Gasteiger partial charge in [-0.2, -0.15) is 11.3 Å². The van der Waals surface area contributed by atoms with Gasteiger partial charge in [-0.3, -0.25) is 0 Å². The zero-order chi connectivity index (χ0) is 12.3. The van der Waals surface area contributed by atoms with Gasteiger partial charge in [0.05, 0.1) is 19.5 Å². The lowest BCUT2D eigenvalue weighted by Crippen LogP contribution is -2.10. The van der Waals surface area contributed by atoms with Crippen LogP contribution in [0.2, 0.25) is 0 Å². The Balaban J connectivity index is 2.18. The third-order valence-electron chi connectivity index (χ3n) is 2.28. The second-order valence-corrected chi connectivity index (χ2v) is 4.24. The molecule has 0 aromatic carbocycles. The second kappa shape index (κ2) is 5.01. The van der Waals surface area contributed by atoms with E-state index in [9.17, 15) is 4.79 Å². The van der Waals surface area contributed by atoms with Gasteiger partial charge in [-0.15, -0.1) is 0 Å². The highest BCUT2D eigenvalue weighted by molar-refractivity contribution is 7.07. The molecule has 17 heavy (non-hydrogen) atoms. The number of nitrogen functional groups attached to an aromatic ring is 1. The molecule has 0 aliphatic carbocycles. The van der Waals surface area contributed by atoms with E-state index < -0.39 is 5.97 Å². The summed E-state index contributed by atoms with van der Waals surface area (Å²) in [6.45, 7) is 2.67. The van der Waals surface area contributed by atoms with E-state index in [4.69, 9.17) is 10.5 Å². The van der Waals surface area contributed by atoms with Crippen LogP contribution in [0.4, 0.5) is 5.82 Å². The Labute approximate surface area is 103 Å². The smallest absolute Gasteiger partial charge is 0.360 e. The number of carbonyl (C=O) groups excluding carboxylic acids is 1. The number of imidazole rings is 1. The first-order chi connectivity index (χ1) is 8.22. The first-order valence-electron chi connectivity index (χ1n) is 5.21. The van der Waals surface area contributed by atoms with Gasteiger partial charge in [-0.25, -0.2) is 9.78 Å². The summed E-state index contributed by atoms with van der Waals surface area (Å²) in [6.07, 6.45) is 1.55. The maximum Gasteiger partial charge on any atom is 0.360 e. The van der Waals surface area contributed by atoms with Crippen LogP contribution in [0.1, 0.15) is 23.0 Å². The molecule has 0 amide bonds. The highest BCUT2D eigenvalue weighted by Crippen LogP contribution is 2.15. The Kier molecular flexibility index (Phi) is 3.43. The Morgan fingerprint density at radius 3 is 3.12 bits per heavy atom. The lowest BCUT2D eigenvalue weighted by molar-refractivity contribution is 0.0521. The third-order valence-corrected chi connectivity index (χ3v) is 3.01. The number of ether oxygens (including phenoxy) is 1. The van der Waals surface area contributed by atoms with Crippen LogP contribution in [0.3, 0.4) is 0 Å². The molecule has 2 heterocycles. The van der Waals surface area contributed by atoms with Crippen molar-refractivity contribution in [3.05, 3.63) is 34.4 Å². The summed E-state index contributed by atoms with van der Waals surface area (Å²) >= 11 is 1.62. The monoisotopic (exact) mass is 251 g/mol. The van der Waals surface area contributed by atoms with Crippen molar-refractivity contribution in [2.75, 3.05) is 12.3 Å². The van der Waals surface area contributed by atoms with Crippen LogP contribution in [0, 0.1) is 0 Å². The number of nitrogens with zero attached hydrogens (tertiary/aromatic N) is 2. The minimum absolute atomic E-state index is 0.182. The van der Waals surface area contributed by atoms with Crippen molar-refractivity contribution in [3.63, 3.8) is 0 Å². The molecule has 0 fully saturated rings. The standard InChI is InChI=1S/C11H13N3O2S/c1-2-16-11(15)9-10(12)14(7-13-9)5-8-3-4-17-6-8/h3-4,6-7H,2,5,12H2,1H3. The number of nitrogens with two attached hydrogens (primary N) is 1. The molecular formula is C11H13N3O2S. The van der Waals surface area contributed by atoms with Gasteiger partial charge < -0.3 is 15.0 Å². The highest BCUT2D eigenvalue weighted by atomic mass is 32.1. The van der Waals surface area contributed by atoms with Gasteiger partial charge in [0.15, 0.2) is 5.69 Å². The number of hydrogen-bond donors (Lipinski definition) is 1. The topological polar surface area (TPSA) is 70.1 Å².